The summed E-state index contributed by atoms with van der Waals surface area (Å²) in [6.07, 6.45) is 5.37. The standard InChI is InChI=1S/C10H14N4O2/c15-2-1-8(5-16)4-14-7-13-9-3-11-6-12-10(9)14/h3,6-8,15-16H,1-2,4-5H2/t8-/m0/s1. The van der Waals surface area contributed by atoms with Gasteiger partial charge in [0.1, 0.15) is 11.8 Å². The molecule has 0 bridgehead atoms. The molecule has 6 nitrogen and oxygen atoms in total. The lowest BCUT2D eigenvalue weighted by Crippen LogP contribution is -2.15. The Balaban J connectivity index is 2.20. The third kappa shape index (κ3) is 2.17. The third-order valence-electron chi connectivity index (χ3n) is 2.53. The van der Waals surface area contributed by atoms with E-state index in [4.69, 9.17) is 10.2 Å². The first-order valence-electron chi connectivity index (χ1n) is 5.17. The number of nitrogens with zero attached hydrogens (tertiary/aromatic N) is 4. The molecule has 0 saturated heterocycles. The van der Waals surface area contributed by atoms with Crippen LogP contribution >= 0.6 is 0 Å². The van der Waals surface area contributed by atoms with Crippen molar-refractivity contribution in [3.8, 4) is 0 Å². The van der Waals surface area contributed by atoms with Crippen molar-refractivity contribution in [1.29, 1.82) is 0 Å². The molecule has 86 valence electrons. The van der Waals surface area contributed by atoms with Crippen LogP contribution in [0.4, 0.5) is 0 Å². The van der Waals surface area contributed by atoms with Gasteiger partial charge < -0.3 is 14.8 Å². The van der Waals surface area contributed by atoms with E-state index in [-0.39, 0.29) is 19.1 Å². The Morgan fingerprint density at radius 1 is 1.31 bits per heavy atom. The summed E-state index contributed by atoms with van der Waals surface area (Å²) < 4.78 is 1.87. The molecule has 0 aromatic carbocycles. The molecule has 16 heavy (non-hydrogen) atoms. The van der Waals surface area contributed by atoms with Crippen LogP contribution in [-0.2, 0) is 6.54 Å². The highest BCUT2D eigenvalue weighted by Gasteiger charge is 2.10. The molecule has 0 fully saturated rings. The van der Waals surface area contributed by atoms with E-state index >= 15 is 0 Å². The highest BCUT2D eigenvalue weighted by Crippen LogP contribution is 2.12. The van der Waals surface area contributed by atoms with Gasteiger partial charge in [-0.25, -0.2) is 15.0 Å². The first-order valence-corrected chi connectivity index (χ1v) is 5.17. The van der Waals surface area contributed by atoms with Crippen molar-refractivity contribution in [2.75, 3.05) is 13.2 Å². The van der Waals surface area contributed by atoms with Gasteiger partial charge in [0.15, 0.2) is 5.65 Å². The van der Waals surface area contributed by atoms with Crippen molar-refractivity contribution in [2.45, 2.75) is 13.0 Å². The fourth-order valence-electron chi connectivity index (χ4n) is 1.65. The summed E-state index contributed by atoms with van der Waals surface area (Å²) >= 11 is 0. The highest BCUT2D eigenvalue weighted by molar-refractivity contribution is 5.68. The van der Waals surface area contributed by atoms with E-state index < -0.39 is 0 Å². The molecule has 1 atom stereocenters. The Labute approximate surface area is 92.6 Å². The number of hydrogen-bond donors (Lipinski definition) is 2. The first kappa shape index (κ1) is 11.0. The van der Waals surface area contributed by atoms with Crippen molar-refractivity contribution in [3.63, 3.8) is 0 Å². The molecule has 0 amide bonds. The molecule has 2 rings (SSSR count). The number of aliphatic hydroxyl groups is 2. The van der Waals surface area contributed by atoms with Gasteiger partial charge in [-0.15, -0.1) is 0 Å². The van der Waals surface area contributed by atoms with Crippen molar-refractivity contribution < 1.29 is 10.2 Å². The molecule has 0 saturated carbocycles. The van der Waals surface area contributed by atoms with Crippen LogP contribution in [0.1, 0.15) is 6.42 Å². The number of rotatable bonds is 5. The predicted molar refractivity (Wildman–Crippen MR) is 57.6 cm³/mol. The fraction of sp³-hybridized carbons (Fsp3) is 0.500. The van der Waals surface area contributed by atoms with E-state index in [1.165, 1.54) is 6.33 Å². The van der Waals surface area contributed by atoms with Crippen molar-refractivity contribution in [2.24, 2.45) is 5.92 Å². The van der Waals surface area contributed by atoms with Gasteiger partial charge in [-0.1, -0.05) is 0 Å². The number of fused-ring (bicyclic) bond motifs is 1. The van der Waals surface area contributed by atoms with E-state index in [0.717, 1.165) is 11.2 Å². The Hall–Kier alpha value is -1.53. The van der Waals surface area contributed by atoms with E-state index in [2.05, 4.69) is 15.0 Å². The number of imidazole rings is 1. The second-order valence-corrected chi connectivity index (χ2v) is 3.69. The Bertz CT molecular complexity index is 457. The molecule has 0 radical (unpaired) electrons. The number of hydrogen-bond acceptors (Lipinski definition) is 5. The zero-order valence-corrected chi connectivity index (χ0v) is 8.82. The molecular formula is C10H14N4O2. The summed E-state index contributed by atoms with van der Waals surface area (Å²) in [5.41, 5.74) is 1.49. The molecule has 2 heterocycles. The van der Waals surface area contributed by atoms with Gasteiger partial charge in [-0.2, -0.15) is 0 Å². The van der Waals surface area contributed by atoms with Crippen molar-refractivity contribution in [1.82, 2.24) is 19.5 Å². The Morgan fingerprint density at radius 3 is 2.94 bits per heavy atom. The second-order valence-electron chi connectivity index (χ2n) is 3.69. The van der Waals surface area contributed by atoms with Gasteiger partial charge in [0, 0.05) is 25.7 Å². The lowest BCUT2D eigenvalue weighted by atomic mass is 10.1. The minimum atomic E-state index is 0.0253. The lowest BCUT2D eigenvalue weighted by molar-refractivity contribution is 0.171. The second kappa shape index (κ2) is 5.00. The largest absolute Gasteiger partial charge is 0.396 e. The maximum atomic E-state index is 9.15. The highest BCUT2D eigenvalue weighted by atomic mass is 16.3. The molecule has 0 aliphatic carbocycles. The SMILES string of the molecule is OCC[C@H](CO)Cn1cnc2cncnc21. The van der Waals surface area contributed by atoms with E-state index in [1.807, 2.05) is 4.57 Å². The summed E-state index contributed by atoms with van der Waals surface area (Å²) in [7, 11) is 0. The van der Waals surface area contributed by atoms with Crippen LogP contribution in [0.5, 0.6) is 0 Å². The van der Waals surface area contributed by atoms with Gasteiger partial charge in [-0.05, 0) is 6.42 Å². The minimum absolute atomic E-state index is 0.0253. The smallest absolute Gasteiger partial charge is 0.163 e. The van der Waals surface area contributed by atoms with Gasteiger partial charge in [0.05, 0.1) is 12.5 Å². The topological polar surface area (TPSA) is 84.1 Å². The van der Waals surface area contributed by atoms with E-state index in [1.54, 1.807) is 12.5 Å². The average Bonchev–Trinajstić information content (AvgIpc) is 2.72. The zero-order valence-electron chi connectivity index (χ0n) is 8.82. The number of aromatic nitrogens is 4. The van der Waals surface area contributed by atoms with Gasteiger partial charge in [0.25, 0.3) is 0 Å². The third-order valence-corrected chi connectivity index (χ3v) is 2.53. The molecule has 2 aromatic heterocycles. The Kier molecular flexibility index (Phi) is 3.43. The zero-order chi connectivity index (χ0) is 11.4. The molecule has 0 aliphatic heterocycles. The van der Waals surface area contributed by atoms with Gasteiger partial charge in [0.2, 0.25) is 0 Å². The first-order chi connectivity index (χ1) is 7.85. The maximum absolute atomic E-state index is 9.15. The van der Waals surface area contributed by atoms with Crippen LogP contribution in [-0.4, -0.2) is 42.9 Å². The molecule has 0 unspecified atom stereocenters. The summed E-state index contributed by atoms with van der Waals surface area (Å²) in [6, 6.07) is 0. The van der Waals surface area contributed by atoms with Crippen LogP contribution in [0.2, 0.25) is 0 Å². The maximum Gasteiger partial charge on any atom is 0.163 e. The lowest BCUT2D eigenvalue weighted by Gasteiger charge is -2.13. The summed E-state index contributed by atoms with van der Waals surface area (Å²) in [5, 5.41) is 18.0. The monoisotopic (exact) mass is 222 g/mol. The van der Waals surface area contributed by atoms with E-state index in [9.17, 15) is 0 Å². The minimum Gasteiger partial charge on any atom is -0.396 e. The van der Waals surface area contributed by atoms with Gasteiger partial charge in [-0.3, -0.25) is 0 Å². The van der Waals surface area contributed by atoms with Crippen LogP contribution in [0, 0.1) is 5.92 Å². The number of aliphatic hydroxyl groups excluding tert-OH is 2. The Morgan fingerprint density at radius 2 is 2.19 bits per heavy atom. The predicted octanol–water partition coefficient (Wildman–Crippen LogP) is -0.183. The molecule has 0 aliphatic rings. The fourth-order valence-corrected chi connectivity index (χ4v) is 1.65. The molecule has 0 spiro atoms. The summed E-state index contributed by atoms with van der Waals surface area (Å²) in [4.78, 5) is 12.2. The van der Waals surface area contributed by atoms with Crippen LogP contribution < -0.4 is 0 Å². The summed E-state index contributed by atoms with van der Waals surface area (Å²) in [5.74, 6) is 0.0253. The van der Waals surface area contributed by atoms with E-state index in [0.29, 0.717) is 13.0 Å². The normalized spacial score (nSPS) is 13.1. The molecule has 6 heteroatoms. The average molecular weight is 222 g/mol. The van der Waals surface area contributed by atoms with Crippen LogP contribution in [0.3, 0.4) is 0 Å². The summed E-state index contributed by atoms with van der Waals surface area (Å²) in [6.45, 7) is 0.725. The van der Waals surface area contributed by atoms with Crippen molar-refractivity contribution >= 4 is 11.2 Å². The molecular weight excluding hydrogens is 208 g/mol. The molecule has 2 N–H and O–H groups in total. The van der Waals surface area contributed by atoms with Crippen LogP contribution in [0.25, 0.3) is 11.2 Å². The van der Waals surface area contributed by atoms with Crippen molar-refractivity contribution in [3.05, 3.63) is 18.9 Å². The van der Waals surface area contributed by atoms with Crippen LogP contribution in [0.15, 0.2) is 18.9 Å². The van der Waals surface area contributed by atoms with Gasteiger partial charge >= 0.3 is 0 Å². The molecule has 2 aromatic rings. The quantitative estimate of drug-likeness (QED) is 0.733.